The van der Waals surface area contributed by atoms with E-state index in [9.17, 15) is 0 Å². The lowest BCUT2D eigenvalue weighted by Gasteiger charge is -2.63. The molecule has 0 nitrogen and oxygen atoms in total. The van der Waals surface area contributed by atoms with E-state index in [0.29, 0.717) is 20.5 Å². The van der Waals surface area contributed by atoms with Crippen LogP contribution in [0.3, 0.4) is 0 Å². The summed E-state index contributed by atoms with van der Waals surface area (Å²) in [4.78, 5) is 1.33. The van der Waals surface area contributed by atoms with Gasteiger partial charge in [0, 0.05) is 9.65 Å². The molecule has 132 valence electrons. The first-order valence-corrected chi connectivity index (χ1v) is 12.1. The minimum Gasteiger partial charge on any atom is -0.0875 e. The average molecular weight is 446 g/mol. The molecule has 0 aromatic rings. The highest BCUT2D eigenvalue weighted by Crippen LogP contribution is 2.70. The van der Waals surface area contributed by atoms with Crippen LogP contribution in [0.5, 0.6) is 0 Å². The van der Waals surface area contributed by atoms with E-state index >= 15 is 0 Å². The van der Waals surface area contributed by atoms with Gasteiger partial charge < -0.3 is 0 Å². The van der Waals surface area contributed by atoms with Crippen LogP contribution in [0.2, 0.25) is 0 Å². The van der Waals surface area contributed by atoms with Crippen LogP contribution in [0.15, 0.2) is 0 Å². The van der Waals surface area contributed by atoms with Gasteiger partial charge in [-0.05, 0) is 78.9 Å². The molecule has 0 heterocycles. The fourth-order valence-electron chi connectivity index (χ4n) is 8.04. The minimum absolute atomic E-state index is 0.516. The lowest BCUT2D eigenvalue weighted by molar-refractivity contribution is -0.101. The molecule has 0 aliphatic heterocycles. The molecule has 4 aliphatic carbocycles. The smallest absolute Gasteiger partial charge is 0.0333 e. The highest BCUT2D eigenvalue weighted by atomic mass is 79.9. The Bertz CT molecular complexity index is 463. The molecule has 4 aliphatic rings. The van der Waals surface area contributed by atoms with Gasteiger partial charge in [0.1, 0.15) is 0 Å². The van der Waals surface area contributed by atoms with Crippen LogP contribution in [0, 0.1) is 40.4 Å². The van der Waals surface area contributed by atoms with Crippen molar-refractivity contribution >= 4 is 31.9 Å². The van der Waals surface area contributed by atoms with Crippen molar-refractivity contribution in [2.24, 2.45) is 40.4 Å². The number of fused-ring (bicyclic) bond motifs is 5. The fraction of sp³-hybridized carbons (Fsp3) is 1.00. The highest BCUT2D eigenvalue weighted by molar-refractivity contribution is 9.12. The van der Waals surface area contributed by atoms with Crippen molar-refractivity contribution in [2.45, 2.75) is 88.2 Å². The molecule has 4 rings (SSSR count). The van der Waals surface area contributed by atoms with Gasteiger partial charge in [-0.1, -0.05) is 71.9 Å². The topological polar surface area (TPSA) is 0 Å². The molecule has 0 bridgehead atoms. The summed E-state index contributed by atoms with van der Waals surface area (Å²) in [5.74, 6) is 4.78. The van der Waals surface area contributed by atoms with Crippen molar-refractivity contribution in [1.82, 2.24) is 0 Å². The fourth-order valence-corrected chi connectivity index (χ4v) is 10.6. The predicted molar refractivity (Wildman–Crippen MR) is 106 cm³/mol. The highest BCUT2D eigenvalue weighted by Gasteiger charge is 2.65. The molecular formula is C21H34Br2. The largest absolute Gasteiger partial charge is 0.0875 e. The summed E-state index contributed by atoms with van der Waals surface area (Å²) in [7, 11) is 0. The molecule has 4 fully saturated rings. The predicted octanol–water partition coefficient (Wildman–Crippen LogP) is 7.19. The summed E-state index contributed by atoms with van der Waals surface area (Å²) in [6, 6.07) is 0. The van der Waals surface area contributed by atoms with E-state index in [1.165, 1.54) is 57.8 Å². The molecule has 0 aromatic heterocycles. The summed E-state index contributed by atoms with van der Waals surface area (Å²) in [6.07, 6.45) is 13.3. The SMILES string of the molecule is CC[C@H]1CC[C@H]2[C@@H]3CC[C@@H]4CCCC[C@]4(C)[C@H]3[C@H](Br)[C@H](Br)[C@]12C. The first-order chi connectivity index (χ1) is 10.9. The van der Waals surface area contributed by atoms with E-state index in [-0.39, 0.29) is 0 Å². The number of hydrogen-bond donors (Lipinski definition) is 0. The Balaban J connectivity index is 1.73. The molecule has 9 atom stereocenters. The van der Waals surface area contributed by atoms with E-state index in [4.69, 9.17) is 0 Å². The molecule has 0 unspecified atom stereocenters. The first-order valence-electron chi connectivity index (χ1n) is 10.2. The molecule has 0 spiro atoms. The maximum atomic E-state index is 4.27. The average Bonchev–Trinajstić information content (AvgIpc) is 2.89. The molecule has 0 N–H and O–H groups in total. The maximum absolute atomic E-state index is 4.27. The van der Waals surface area contributed by atoms with E-state index in [0.717, 1.165) is 29.6 Å². The van der Waals surface area contributed by atoms with Crippen LogP contribution < -0.4 is 0 Å². The number of hydrogen-bond acceptors (Lipinski definition) is 0. The minimum atomic E-state index is 0.516. The molecule has 2 heteroatoms. The third kappa shape index (κ3) is 2.25. The summed E-state index contributed by atoms with van der Waals surface area (Å²) < 4.78 is 0. The van der Waals surface area contributed by atoms with Gasteiger partial charge in [-0.15, -0.1) is 0 Å². The van der Waals surface area contributed by atoms with Crippen molar-refractivity contribution in [1.29, 1.82) is 0 Å². The van der Waals surface area contributed by atoms with Gasteiger partial charge in [0.2, 0.25) is 0 Å². The molecule has 23 heavy (non-hydrogen) atoms. The molecule has 0 amide bonds. The third-order valence-electron chi connectivity index (χ3n) is 9.25. The van der Waals surface area contributed by atoms with Crippen LogP contribution in [-0.2, 0) is 0 Å². The van der Waals surface area contributed by atoms with Crippen LogP contribution in [0.4, 0.5) is 0 Å². The van der Waals surface area contributed by atoms with Gasteiger partial charge in [0.25, 0.3) is 0 Å². The van der Waals surface area contributed by atoms with Gasteiger partial charge in [-0.3, -0.25) is 0 Å². The van der Waals surface area contributed by atoms with Crippen molar-refractivity contribution in [3.8, 4) is 0 Å². The number of rotatable bonds is 1. The number of alkyl halides is 2. The standard InChI is InChI=1S/C21H34Br2/c1-4-13-9-11-16-15-10-8-14-7-5-6-12-20(14,2)17(15)18(22)19(23)21(13,16)3/h13-19H,4-12H2,1-3H3/t13-,14-,15-,16-,17+,18-,19-,20-,21+/m0/s1. The van der Waals surface area contributed by atoms with Crippen LogP contribution in [-0.4, -0.2) is 9.65 Å². The van der Waals surface area contributed by atoms with Crippen molar-refractivity contribution in [3.05, 3.63) is 0 Å². The Labute approximate surface area is 160 Å². The lowest BCUT2D eigenvalue weighted by atomic mass is 9.44. The van der Waals surface area contributed by atoms with Gasteiger partial charge in [-0.2, -0.15) is 0 Å². The molecule has 0 aromatic carbocycles. The zero-order valence-corrected chi connectivity index (χ0v) is 18.3. The Morgan fingerprint density at radius 2 is 1.74 bits per heavy atom. The summed E-state index contributed by atoms with van der Waals surface area (Å²) in [5.41, 5.74) is 1.12. The van der Waals surface area contributed by atoms with Crippen LogP contribution in [0.25, 0.3) is 0 Å². The lowest BCUT2D eigenvalue weighted by Crippen LogP contribution is -2.61. The second-order valence-electron chi connectivity index (χ2n) is 9.72. The van der Waals surface area contributed by atoms with Crippen molar-refractivity contribution < 1.29 is 0 Å². The molecule has 0 saturated heterocycles. The Hall–Kier alpha value is 0.960. The summed E-state index contributed by atoms with van der Waals surface area (Å²) in [5, 5.41) is 0. The second-order valence-corrected chi connectivity index (χ2v) is 11.8. The van der Waals surface area contributed by atoms with Crippen molar-refractivity contribution in [2.75, 3.05) is 0 Å². The number of halogens is 2. The zero-order valence-electron chi connectivity index (χ0n) is 15.2. The normalized spacial score (nSPS) is 59.1. The zero-order chi connectivity index (χ0) is 16.4. The molecule has 0 radical (unpaired) electrons. The van der Waals surface area contributed by atoms with Crippen LogP contribution >= 0.6 is 31.9 Å². The summed E-state index contributed by atoms with van der Waals surface area (Å²) >= 11 is 8.53. The van der Waals surface area contributed by atoms with E-state index < -0.39 is 0 Å². The molecule has 4 saturated carbocycles. The monoisotopic (exact) mass is 444 g/mol. The van der Waals surface area contributed by atoms with Gasteiger partial charge in [0.05, 0.1) is 0 Å². The first kappa shape index (κ1) is 17.4. The maximum Gasteiger partial charge on any atom is 0.0333 e. The van der Waals surface area contributed by atoms with Gasteiger partial charge >= 0.3 is 0 Å². The Kier molecular flexibility index (Phi) is 4.53. The Morgan fingerprint density at radius 1 is 0.957 bits per heavy atom. The second kappa shape index (κ2) is 6.00. The Morgan fingerprint density at radius 3 is 2.48 bits per heavy atom. The van der Waals surface area contributed by atoms with E-state index in [1.807, 2.05) is 0 Å². The van der Waals surface area contributed by atoms with E-state index in [1.54, 1.807) is 0 Å². The van der Waals surface area contributed by atoms with E-state index in [2.05, 4.69) is 52.6 Å². The van der Waals surface area contributed by atoms with Gasteiger partial charge in [-0.25, -0.2) is 0 Å². The third-order valence-corrected chi connectivity index (χ3v) is 12.6. The quantitative estimate of drug-likeness (QED) is 0.374. The summed E-state index contributed by atoms with van der Waals surface area (Å²) in [6.45, 7) is 7.74. The van der Waals surface area contributed by atoms with Gasteiger partial charge in [0.15, 0.2) is 0 Å². The molecular weight excluding hydrogens is 412 g/mol. The van der Waals surface area contributed by atoms with Crippen molar-refractivity contribution in [3.63, 3.8) is 0 Å². The van der Waals surface area contributed by atoms with Crippen LogP contribution in [0.1, 0.15) is 78.6 Å².